The smallest absolute Gasteiger partial charge is 0.189 e. The van der Waals surface area contributed by atoms with E-state index in [-0.39, 0.29) is 6.15 Å². The largest absolute Gasteiger partial charge is 0.417 e. The van der Waals surface area contributed by atoms with Crippen LogP contribution in [0.1, 0.15) is 26.2 Å². The van der Waals surface area contributed by atoms with Crippen LogP contribution >= 0.6 is 0 Å². The van der Waals surface area contributed by atoms with E-state index >= 15 is 0 Å². The van der Waals surface area contributed by atoms with Gasteiger partial charge in [-0.2, -0.15) is 0 Å². The van der Waals surface area contributed by atoms with Gasteiger partial charge in [0.05, 0.1) is 0 Å². The molecule has 0 spiro atoms. The fraction of sp³-hybridized carbons (Fsp3) is 1.00. The SMILES string of the molecule is CCC[Si]1(C)CCCCO1.N. The lowest BCUT2D eigenvalue weighted by Gasteiger charge is -2.31. The first-order valence-corrected chi connectivity index (χ1v) is 7.23. The molecule has 1 aliphatic heterocycles. The van der Waals surface area contributed by atoms with Crippen LogP contribution in [0.2, 0.25) is 18.6 Å². The quantitative estimate of drug-likeness (QED) is 0.656. The van der Waals surface area contributed by atoms with Crippen molar-refractivity contribution in [3.63, 3.8) is 0 Å². The molecule has 11 heavy (non-hydrogen) atoms. The molecular formula is C8H21NOSi. The Morgan fingerprint density at radius 1 is 1.36 bits per heavy atom. The third-order valence-corrected chi connectivity index (χ3v) is 6.20. The lowest BCUT2D eigenvalue weighted by atomic mass is 10.4. The summed E-state index contributed by atoms with van der Waals surface area (Å²) < 4.78 is 5.84. The zero-order valence-corrected chi connectivity index (χ0v) is 8.86. The Hall–Kier alpha value is 0.137. The van der Waals surface area contributed by atoms with Gasteiger partial charge < -0.3 is 10.6 Å². The molecule has 1 aliphatic rings. The van der Waals surface area contributed by atoms with E-state index in [0.29, 0.717) is 0 Å². The van der Waals surface area contributed by atoms with Crippen LogP contribution in [-0.2, 0) is 4.43 Å². The minimum atomic E-state index is -1.14. The van der Waals surface area contributed by atoms with Crippen LogP contribution in [0, 0.1) is 0 Å². The summed E-state index contributed by atoms with van der Waals surface area (Å²) in [5, 5.41) is 0. The summed E-state index contributed by atoms with van der Waals surface area (Å²) in [5.41, 5.74) is 0. The molecule has 0 aromatic rings. The van der Waals surface area contributed by atoms with Crippen LogP contribution in [0.15, 0.2) is 0 Å². The van der Waals surface area contributed by atoms with Crippen LogP contribution in [0.4, 0.5) is 0 Å². The minimum Gasteiger partial charge on any atom is -0.417 e. The predicted molar refractivity (Wildman–Crippen MR) is 51.7 cm³/mol. The topological polar surface area (TPSA) is 44.2 Å². The highest BCUT2D eigenvalue weighted by Crippen LogP contribution is 2.26. The van der Waals surface area contributed by atoms with E-state index in [1.54, 1.807) is 0 Å². The van der Waals surface area contributed by atoms with Gasteiger partial charge in [-0.15, -0.1) is 0 Å². The van der Waals surface area contributed by atoms with E-state index in [2.05, 4.69) is 13.5 Å². The lowest BCUT2D eigenvalue weighted by molar-refractivity contribution is 0.270. The van der Waals surface area contributed by atoms with Crippen molar-refractivity contribution >= 4 is 8.32 Å². The highest BCUT2D eigenvalue weighted by molar-refractivity contribution is 6.72. The molecule has 68 valence electrons. The third kappa shape index (κ3) is 3.36. The molecule has 1 rings (SSSR count). The molecule has 3 heteroatoms. The van der Waals surface area contributed by atoms with Gasteiger partial charge in [0.1, 0.15) is 0 Å². The molecule has 0 aromatic carbocycles. The summed E-state index contributed by atoms with van der Waals surface area (Å²) in [7, 11) is -1.14. The second kappa shape index (κ2) is 4.90. The standard InChI is InChI=1S/C8H18OSi.H3N/c1-3-7-10(2)8-5-4-6-9-10;/h3-8H2,1-2H3;1H3. The molecule has 3 N–H and O–H groups in total. The number of hydrogen-bond acceptors (Lipinski definition) is 2. The first-order valence-electron chi connectivity index (χ1n) is 4.41. The second-order valence-corrected chi connectivity index (χ2v) is 7.69. The third-order valence-electron chi connectivity index (χ3n) is 2.33. The maximum Gasteiger partial charge on any atom is 0.189 e. The fourth-order valence-corrected chi connectivity index (χ4v) is 4.95. The van der Waals surface area contributed by atoms with Crippen molar-refractivity contribution in [2.24, 2.45) is 0 Å². The summed E-state index contributed by atoms with van der Waals surface area (Å²) in [4.78, 5) is 0. The monoisotopic (exact) mass is 175 g/mol. The van der Waals surface area contributed by atoms with Gasteiger partial charge in [0.25, 0.3) is 0 Å². The highest BCUT2D eigenvalue weighted by Gasteiger charge is 2.29. The van der Waals surface area contributed by atoms with Gasteiger partial charge >= 0.3 is 0 Å². The Balaban J connectivity index is 0.000001000. The molecule has 0 aromatic heterocycles. The van der Waals surface area contributed by atoms with E-state index in [1.807, 2.05) is 0 Å². The van der Waals surface area contributed by atoms with Crippen LogP contribution in [-0.4, -0.2) is 14.9 Å². The van der Waals surface area contributed by atoms with Crippen molar-refractivity contribution < 1.29 is 4.43 Å². The number of rotatable bonds is 2. The van der Waals surface area contributed by atoms with E-state index in [0.717, 1.165) is 6.61 Å². The van der Waals surface area contributed by atoms with E-state index in [9.17, 15) is 0 Å². The Labute approximate surface area is 71.0 Å². The van der Waals surface area contributed by atoms with Crippen LogP contribution in [0.5, 0.6) is 0 Å². The molecule has 1 atom stereocenters. The van der Waals surface area contributed by atoms with Crippen molar-refractivity contribution in [2.75, 3.05) is 6.61 Å². The average Bonchev–Trinajstić information content (AvgIpc) is 1.89. The molecule has 2 nitrogen and oxygen atoms in total. The summed E-state index contributed by atoms with van der Waals surface area (Å²) in [6.07, 6.45) is 4.03. The fourth-order valence-electron chi connectivity index (χ4n) is 1.72. The van der Waals surface area contributed by atoms with Crippen LogP contribution in [0.3, 0.4) is 0 Å². The van der Waals surface area contributed by atoms with Gasteiger partial charge in [-0.3, -0.25) is 0 Å². The lowest BCUT2D eigenvalue weighted by Crippen LogP contribution is -2.37. The van der Waals surface area contributed by atoms with Crippen molar-refractivity contribution in [1.29, 1.82) is 0 Å². The Morgan fingerprint density at radius 2 is 2.09 bits per heavy atom. The highest BCUT2D eigenvalue weighted by atomic mass is 28.4. The Kier molecular flexibility index (Phi) is 4.96. The Bertz CT molecular complexity index is 96.8. The molecule has 0 saturated carbocycles. The van der Waals surface area contributed by atoms with Gasteiger partial charge in [-0.05, 0) is 25.1 Å². The zero-order chi connectivity index (χ0) is 7.45. The zero-order valence-electron chi connectivity index (χ0n) is 7.86. The first-order chi connectivity index (χ1) is 4.77. The van der Waals surface area contributed by atoms with Crippen molar-refractivity contribution in [2.45, 2.75) is 44.8 Å². The molecule has 0 radical (unpaired) electrons. The normalized spacial score (nSPS) is 31.1. The van der Waals surface area contributed by atoms with Crippen molar-refractivity contribution in [3.8, 4) is 0 Å². The summed E-state index contributed by atoms with van der Waals surface area (Å²) in [6, 6.07) is 2.77. The van der Waals surface area contributed by atoms with E-state index < -0.39 is 8.32 Å². The van der Waals surface area contributed by atoms with Crippen LogP contribution < -0.4 is 6.15 Å². The second-order valence-electron chi connectivity index (χ2n) is 3.51. The summed E-state index contributed by atoms with van der Waals surface area (Å²) in [5.74, 6) is 0. The van der Waals surface area contributed by atoms with E-state index in [4.69, 9.17) is 4.43 Å². The first kappa shape index (κ1) is 11.1. The van der Waals surface area contributed by atoms with E-state index in [1.165, 1.54) is 31.4 Å². The molecule has 0 bridgehead atoms. The molecule has 1 heterocycles. The van der Waals surface area contributed by atoms with Gasteiger partial charge in [0.2, 0.25) is 0 Å². The van der Waals surface area contributed by atoms with Gasteiger partial charge in [0.15, 0.2) is 8.32 Å². The molecule has 1 fully saturated rings. The van der Waals surface area contributed by atoms with Gasteiger partial charge in [-0.25, -0.2) is 0 Å². The van der Waals surface area contributed by atoms with Crippen LogP contribution in [0.25, 0.3) is 0 Å². The van der Waals surface area contributed by atoms with Gasteiger partial charge in [-0.1, -0.05) is 19.8 Å². The molecule has 1 unspecified atom stereocenters. The maximum atomic E-state index is 5.84. The molecule has 0 aliphatic carbocycles. The molecule has 0 amide bonds. The molecule has 1 saturated heterocycles. The minimum absolute atomic E-state index is 0. The Morgan fingerprint density at radius 3 is 2.55 bits per heavy atom. The van der Waals surface area contributed by atoms with Crippen molar-refractivity contribution in [3.05, 3.63) is 0 Å². The molecular weight excluding hydrogens is 154 g/mol. The number of hydrogen-bond donors (Lipinski definition) is 1. The summed E-state index contributed by atoms with van der Waals surface area (Å²) in [6.45, 7) is 5.69. The average molecular weight is 175 g/mol. The predicted octanol–water partition coefficient (Wildman–Crippen LogP) is 2.94. The van der Waals surface area contributed by atoms with Crippen molar-refractivity contribution in [1.82, 2.24) is 6.15 Å². The summed E-state index contributed by atoms with van der Waals surface area (Å²) >= 11 is 0. The van der Waals surface area contributed by atoms with Gasteiger partial charge in [0, 0.05) is 6.61 Å². The maximum absolute atomic E-state index is 5.84.